The van der Waals surface area contributed by atoms with Gasteiger partial charge in [0, 0.05) is 58.4 Å². The van der Waals surface area contributed by atoms with Gasteiger partial charge in [-0.1, -0.05) is 0 Å². The molecule has 422 valence electrons. The van der Waals surface area contributed by atoms with Crippen molar-refractivity contribution >= 4 is 35.6 Å². The number of phenolic OH excluding ortho intramolecular Hbond substituents is 13. The first-order chi connectivity index (χ1) is 38.0. The second kappa shape index (κ2) is 17.6. The van der Waals surface area contributed by atoms with Crippen LogP contribution in [-0.4, -0.2) is 171 Å². The third-order valence-corrected chi connectivity index (χ3v) is 14.7. The van der Waals surface area contributed by atoms with Crippen molar-refractivity contribution in [3.63, 3.8) is 0 Å². The Morgan fingerprint density at radius 1 is 0.543 bits per heavy atom. The van der Waals surface area contributed by atoms with E-state index in [1.54, 1.807) is 0 Å². The van der Waals surface area contributed by atoms with Crippen LogP contribution in [0.1, 0.15) is 78.2 Å². The molecule has 5 heterocycles. The number of ketones is 1. The predicted octanol–water partition coefficient (Wildman–Crippen LogP) is -0.136. The number of aromatic hydroxyl groups is 13. The minimum Gasteiger partial charge on any atom is -0.507 e. The zero-order valence-corrected chi connectivity index (χ0v) is 40.4. The van der Waals surface area contributed by atoms with Gasteiger partial charge < -0.3 is 120 Å². The first-order valence-electron chi connectivity index (χ1n) is 23.4. The van der Waals surface area contributed by atoms with Gasteiger partial charge in [0.05, 0.1) is 40.2 Å². The van der Waals surface area contributed by atoms with Crippen molar-refractivity contribution in [3.05, 3.63) is 86.5 Å². The number of hydrogen-bond acceptors (Lipinski definition) is 30. The number of Topliss-reactive ketones (excluding diaryl/α,β-unsaturated/α-hetero) is 1. The molecule has 0 aromatic heterocycles. The summed E-state index contributed by atoms with van der Waals surface area (Å²) in [5.74, 6) is -42.8. The SMILES string of the molecule is CC(=O)O[C@@H]1COC(=O)c2cc(O)c(O)c(O)c2-c2c(cc(O)c(O)c2O)C(=O)O[C@H]1[C@@H]1OC(=O)c2cc(O)c(O)c3c2[C@H]2C4=C(C(=O)C(O)(O)[C@@]2(O)O3)[C@@H](c2c(O)cc(O)c3c2O[C@H](c2cc(O)c(O)c(O)c2)[C@@H](O)C3)[C@@H]1OC4=O. The molecule has 9 atom stereocenters. The number of carbonyl (C=O) groups excluding carboxylic acids is 6. The van der Waals surface area contributed by atoms with Crippen LogP contribution < -0.4 is 9.47 Å². The van der Waals surface area contributed by atoms with Crippen molar-refractivity contribution in [2.75, 3.05) is 6.61 Å². The smallest absolute Gasteiger partial charge is 0.339 e. The van der Waals surface area contributed by atoms with Crippen LogP contribution in [0.15, 0.2) is 47.5 Å². The van der Waals surface area contributed by atoms with E-state index in [0.717, 1.165) is 19.1 Å². The first kappa shape index (κ1) is 52.7. The molecule has 0 saturated carbocycles. The molecule has 0 unspecified atom stereocenters. The molecule has 30 nitrogen and oxygen atoms in total. The van der Waals surface area contributed by atoms with Crippen molar-refractivity contribution in [1.29, 1.82) is 0 Å². The van der Waals surface area contributed by atoms with Gasteiger partial charge >= 0.3 is 29.8 Å². The summed E-state index contributed by atoms with van der Waals surface area (Å²) in [6.07, 6.45) is -15.4. The zero-order chi connectivity index (χ0) is 58.7. The van der Waals surface area contributed by atoms with Gasteiger partial charge in [-0.2, -0.15) is 0 Å². The Bertz CT molecular complexity index is 3760. The molecule has 0 radical (unpaired) electrons. The minimum absolute atomic E-state index is 0.337. The van der Waals surface area contributed by atoms with Gasteiger partial charge in [-0.3, -0.25) is 9.59 Å². The maximum Gasteiger partial charge on any atom is 0.339 e. The normalized spacial score (nSPS) is 26.0. The highest BCUT2D eigenvalue weighted by molar-refractivity contribution is 6.14. The maximum absolute atomic E-state index is 15.2. The van der Waals surface area contributed by atoms with Crippen LogP contribution in [0.5, 0.6) is 86.2 Å². The molecule has 5 aliphatic heterocycles. The number of benzene rings is 5. The number of carbonyl (C=O) groups is 6. The second-order valence-electron chi connectivity index (χ2n) is 19.3. The fourth-order valence-corrected chi connectivity index (χ4v) is 11.1. The largest absolute Gasteiger partial charge is 0.507 e. The molecule has 0 spiro atoms. The quantitative estimate of drug-likeness (QED) is 0.0482. The number of esters is 5. The van der Waals surface area contributed by atoms with Crippen molar-refractivity contribution in [1.82, 2.24) is 0 Å². The molecule has 5 aromatic rings. The van der Waals surface area contributed by atoms with E-state index in [1.807, 2.05) is 0 Å². The van der Waals surface area contributed by atoms with Crippen LogP contribution >= 0.6 is 0 Å². The van der Waals surface area contributed by atoms with E-state index in [4.69, 9.17) is 33.2 Å². The van der Waals surface area contributed by atoms with Gasteiger partial charge in [0.25, 0.3) is 11.6 Å². The van der Waals surface area contributed by atoms with Crippen LogP contribution in [0.25, 0.3) is 11.1 Å². The summed E-state index contributed by atoms with van der Waals surface area (Å²) in [6, 6.07) is 3.36. The summed E-state index contributed by atoms with van der Waals surface area (Å²) >= 11 is 0. The summed E-state index contributed by atoms with van der Waals surface area (Å²) in [5, 5.41) is 190. The van der Waals surface area contributed by atoms with Crippen LogP contribution in [0.4, 0.5) is 0 Å². The first-order valence-corrected chi connectivity index (χ1v) is 23.4. The predicted molar refractivity (Wildman–Crippen MR) is 250 cm³/mol. The lowest BCUT2D eigenvalue weighted by atomic mass is 9.64. The molecular weight excluding hydrogens is 1090 g/mol. The molecule has 5 aromatic carbocycles. The molecule has 0 amide bonds. The lowest BCUT2D eigenvalue weighted by Gasteiger charge is -2.49. The molecule has 0 fully saturated rings. The molecule has 17 N–H and O–H groups in total. The highest BCUT2D eigenvalue weighted by atomic mass is 16.7. The summed E-state index contributed by atoms with van der Waals surface area (Å²) in [7, 11) is 0. The average Bonchev–Trinajstić information content (AvgIpc) is 2.01. The number of hydrogen-bond donors (Lipinski definition) is 17. The minimum atomic E-state index is -4.39. The Morgan fingerprint density at radius 2 is 1.07 bits per heavy atom. The summed E-state index contributed by atoms with van der Waals surface area (Å²) < 4.78 is 40.5. The Morgan fingerprint density at radius 3 is 1.68 bits per heavy atom. The summed E-state index contributed by atoms with van der Waals surface area (Å²) in [6.45, 7) is -0.732. The van der Waals surface area contributed by atoms with Crippen molar-refractivity contribution in [2.24, 2.45) is 0 Å². The Kier molecular flexibility index (Phi) is 11.5. The van der Waals surface area contributed by atoms with Gasteiger partial charge in [-0.05, 0) is 30.3 Å². The number of aliphatic hydroxyl groups excluding tert-OH is 1. The molecule has 11 rings (SSSR count). The lowest BCUT2D eigenvalue weighted by Crippen LogP contribution is -2.69. The Hall–Kier alpha value is -10.3. The maximum atomic E-state index is 15.2. The molecular formula is C51H38O30. The van der Waals surface area contributed by atoms with E-state index in [1.165, 1.54) is 0 Å². The second-order valence-corrected chi connectivity index (χ2v) is 19.3. The molecule has 4 bridgehead atoms. The fraction of sp³-hybridized carbons (Fsp3) is 0.255. The van der Waals surface area contributed by atoms with Crippen LogP contribution in [0, 0.1) is 0 Å². The highest BCUT2D eigenvalue weighted by Crippen LogP contribution is 2.65. The Balaban J connectivity index is 1.23. The number of cyclic esters (lactones) is 3. The number of ether oxygens (including phenoxy) is 7. The average molecular weight is 1130 g/mol. The van der Waals surface area contributed by atoms with Crippen LogP contribution in [0.2, 0.25) is 0 Å². The van der Waals surface area contributed by atoms with Crippen LogP contribution in [-0.2, 0) is 44.5 Å². The van der Waals surface area contributed by atoms with Gasteiger partial charge in [-0.25, -0.2) is 19.2 Å². The monoisotopic (exact) mass is 1130 g/mol. The molecule has 30 heteroatoms. The molecule has 0 saturated heterocycles. The zero-order valence-electron chi connectivity index (χ0n) is 40.4. The fourth-order valence-electron chi connectivity index (χ4n) is 11.1. The number of aliphatic hydroxyl groups is 4. The van der Waals surface area contributed by atoms with Crippen molar-refractivity contribution in [3.8, 4) is 97.4 Å². The molecule has 6 aliphatic rings. The van der Waals surface area contributed by atoms with E-state index in [2.05, 4.69) is 0 Å². The topological polar surface area (TPSA) is 511 Å². The summed E-state index contributed by atoms with van der Waals surface area (Å²) in [5.41, 5.74) is -10.9. The van der Waals surface area contributed by atoms with Gasteiger partial charge in [0.15, 0.2) is 82.3 Å². The Labute approximate surface area is 447 Å². The van der Waals surface area contributed by atoms with Crippen molar-refractivity contribution in [2.45, 2.75) is 73.4 Å². The van der Waals surface area contributed by atoms with Gasteiger partial charge in [-0.15, -0.1) is 0 Å². The molecule has 1 aliphatic carbocycles. The highest BCUT2D eigenvalue weighted by Gasteiger charge is 2.74. The van der Waals surface area contributed by atoms with E-state index in [-0.39, 0.29) is 5.56 Å². The van der Waals surface area contributed by atoms with E-state index in [0.29, 0.717) is 24.3 Å². The lowest BCUT2D eigenvalue weighted by molar-refractivity contribution is -0.324. The third kappa shape index (κ3) is 7.33. The third-order valence-electron chi connectivity index (χ3n) is 14.7. The van der Waals surface area contributed by atoms with Gasteiger partial charge in [0.2, 0.25) is 23.0 Å². The number of rotatable bonds is 4. The standard InChI is InChI=1S/C51H38O30/c1-10(52)76-24-9-75-46(68)13-5-20(57)34(62)37(65)25(13)26-14(6-21(58)35(63)38(26)66)47(69)78-41(24)44-43-29(28-17(54)8-16(53)12-4-23(60)39(77-40(12)28)11-2-18(55)33(61)19(56)3-11)30-31(49(71)79-43)32-27-15(48(70)80-44)7-22(59)36(64)42(27)81-51(32,74)50(72,73)45(30)67/h2-3,5-8,23-24,29,32,39,41,43-44,53-66,72-74H,4,9H2,1H3/t23-,24+,29+,32-,39+,41+,43-,44-,51-/m0/s1. The summed E-state index contributed by atoms with van der Waals surface area (Å²) in [4.78, 5) is 87.9. The van der Waals surface area contributed by atoms with Crippen molar-refractivity contribution < 1.29 is 149 Å². The number of phenols is 13. The van der Waals surface area contributed by atoms with E-state index in [9.17, 15) is 96.4 Å². The number of fused-ring (bicyclic) bond motifs is 5. The van der Waals surface area contributed by atoms with Crippen LogP contribution in [0.3, 0.4) is 0 Å². The molecule has 81 heavy (non-hydrogen) atoms. The van der Waals surface area contributed by atoms with E-state index < -0.39 is 251 Å². The van der Waals surface area contributed by atoms with E-state index >= 15 is 19.2 Å². The van der Waals surface area contributed by atoms with Gasteiger partial charge in [0.1, 0.15) is 23.9 Å².